The molecule has 1 aliphatic rings. The van der Waals surface area contributed by atoms with Crippen LogP contribution in [-0.2, 0) is 0 Å². The van der Waals surface area contributed by atoms with E-state index in [0.717, 1.165) is 23.1 Å². The molecule has 2 atom stereocenters. The minimum atomic E-state index is -0.351. The fourth-order valence-electron chi connectivity index (χ4n) is 3.73. The third-order valence-corrected chi connectivity index (χ3v) is 5.46. The van der Waals surface area contributed by atoms with E-state index < -0.39 is 0 Å². The van der Waals surface area contributed by atoms with Gasteiger partial charge in [-0.25, -0.2) is 0 Å². The summed E-state index contributed by atoms with van der Waals surface area (Å²) in [5.41, 5.74) is 4.76. The Bertz CT molecular complexity index is 812. The first kappa shape index (κ1) is 16.0. The van der Waals surface area contributed by atoms with Gasteiger partial charge in [0.1, 0.15) is 0 Å². The second kappa shape index (κ2) is 5.95. The first-order valence-electron chi connectivity index (χ1n) is 8.58. The van der Waals surface area contributed by atoms with Crippen molar-refractivity contribution < 1.29 is 0 Å². The van der Waals surface area contributed by atoms with Gasteiger partial charge in [-0.3, -0.25) is 9.59 Å². The molecule has 23 heavy (non-hydrogen) atoms. The standard InChI is InChI=1S/C20H25NO2/c1-11-7-5-6-8-16(11)21-18-17(19(22)20(18)23)15-10-13(3)12(2)9-14(15)4/h9-11,16,21H,5-8H2,1-4H3/t11-,16-/m0/s1. The quantitative estimate of drug-likeness (QED) is 0.875. The molecule has 1 saturated carbocycles. The number of anilines is 1. The van der Waals surface area contributed by atoms with E-state index in [9.17, 15) is 9.59 Å². The molecular weight excluding hydrogens is 286 g/mol. The normalized spacial score (nSPS) is 21.6. The van der Waals surface area contributed by atoms with Crippen molar-refractivity contribution in [3.63, 3.8) is 0 Å². The summed E-state index contributed by atoms with van der Waals surface area (Å²) in [6.07, 6.45) is 4.71. The average molecular weight is 311 g/mol. The Morgan fingerprint density at radius 2 is 1.57 bits per heavy atom. The van der Waals surface area contributed by atoms with Crippen LogP contribution < -0.4 is 16.2 Å². The third-order valence-electron chi connectivity index (χ3n) is 5.46. The summed E-state index contributed by atoms with van der Waals surface area (Å²) in [6.45, 7) is 8.34. The van der Waals surface area contributed by atoms with E-state index in [1.807, 2.05) is 19.9 Å². The second-order valence-electron chi connectivity index (χ2n) is 7.17. The van der Waals surface area contributed by atoms with E-state index in [0.29, 0.717) is 23.2 Å². The highest BCUT2D eigenvalue weighted by molar-refractivity contribution is 5.84. The van der Waals surface area contributed by atoms with E-state index in [1.165, 1.54) is 24.8 Å². The lowest BCUT2D eigenvalue weighted by atomic mass is 9.84. The average Bonchev–Trinajstić information content (AvgIpc) is 2.53. The van der Waals surface area contributed by atoms with Gasteiger partial charge in [0.25, 0.3) is 0 Å². The Kier molecular flexibility index (Phi) is 4.13. The molecular formula is C20H25NO2. The van der Waals surface area contributed by atoms with Crippen molar-refractivity contribution in [2.75, 3.05) is 5.32 Å². The Balaban J connectivity index is 1.99. The van der Waals surface area contributed by atoms with Crippen LogP contribution in [0.5, 0.6) is 0 Å². The Labute approximate surface area is 137 Å². The van der Waals surface area contributed by atoms with Gasteiger partial charge in [0.15, 0.2) is 0 Å². The van der Waals surface area contributed by atoms with E-state index in [4.69, 9.17) is 0 Å². The highest BCUT2D eigenvalue weighted by Gasteiger charge is 2.28. The Morgan fingerprint density at radius 3 is 2.26 bits per heavy atom. The van der Waals surface area contributed by atoms with Crippen molar-refractivity contribution in [3.05, 3.63) is 49.3 Å². The van der Waals surface area contributed by atoms with Gasteiger partial charge in [-0.1, -0.05) is 31.9 Å². The molecule has 3 nitrogen and oxygen atoms in total. The van der Waals surface area contributed by atoms with Crippen LogP contribution in [0.4, 0.5) is 5.69 Å². The molecule has 0 unspecified atom stereocenters. The van der Waals surface area contributed by atoms with Crippen molar-refractivity contribution in [1.82, 2.24) is 0 Å². The summed E-state index contributed by atoms with van der Waals surface area (Å²) < 4.78 is 0. The first-order chi connectivity index (χ1) is 10.9. The van der Waals surface area contributed by atoms with Gasteiger partial charge in [0, 0.05) is 6.04 Å². The summed E-state index contributed by atoms with van der Waals surface area (Å²) in [6, 6.07) is 4.43. The van der Waals surface area contributed by atoms with Gasteiger partial charge in [0.2, 0.25) is 10.9 Å². The van der Waals surface area contributed by atoms with Gasteiger partial charge in [0.05, 0.1) is 11.3 Å². The minimum Gasteiger partial charge on any atom is -0.378 e. The summed E-state index contributed by atoms with van der Waals surface area (Å²) in [5, 5.41) is 3.40. The smallest absolute Gasteiger partial charge is 0.250 e. The lowest BCUT2D eigenvalue weighted by Crippen LogP contribution is -2.41. The van der Waals surface area contributed by atoms with Crippen molar-refractivity contribution in [1.29, 1.82) is 0 Å². The van der Waals surface area contributed by atoms with Crippen molar-refractivity contribution >= 4 is 5.69 Å². The van der Waals surface area contributed by atoms with Crippen molar-refractivity contribution in [3.8, 4) is 11.1 Å². The van der Waals surface area contributed by atoms with E-state index in [-0.39, 0.29) is 10.9 Å². The predicted octanol–water partition coefficient (Wildman–Crippen LogP) is 3.87. The number of aryl methyl sites for hydroxylation is 3. The van der Waals surface area contributed by atoms with Crippen LogP contribution in [-0.4, -0.2) is 6.04 Å². The van der Waals surface area contributed by atoms with Crippen LogP contribution in [0.3, 0.4) is 0 Å². The fraction of sp³-hybridized carbons (Fsp3) is 0.500. The molecule has 0 heterocycles. The molecule has 0 spiro atoms. The predicted molar refractivity (Wildman–Crippen MR) is 96.0 cm³/mol. The SMILES string of the molecule is Cc1cc(C)c(-c2c(N[C@H]3CCCC[C@@H]3C)c(=O)c2=O)cc1C. The summed E-state index contributed by atoms with van der Waals surface area (Å²) in [7, 11) is 0. The number of benzene rings is 1. The molecule has 1 aliphatic carbocycles. The Hall–Kier alpha value is -1.90. The highest BCUT2D eigenvalue weighted by Crippen LogP contribution is 2.32. The van der Waals surface area contributed by atoms with E-state index in [1.54, 1.807) is 0 Å². The molecule has 0 radical (unpaired) electrons. The first-order valence-corrected chi connectivity index (χ1v) is 8.58. The van der Waals surface area contributed by atoms with Gasteiger partial charge in [-0.15, -0.1) is 0 Å². The lowest BCUT2D eigenvalue weighted by molar-refractivity contribution is 0.349. The maximum atomic E-state index is 12.2. The second-order valence-corrected chi connectivity index (χ2v) is 7.17. The van der Waals surface area contributed by atoms with Crippen LogP contribution in [0, 0.1) is 26.7 Å². The monoisotopic (exact) mass is 311 g/mol. The molecule has 0 bridgehead atoms. The molecule has 122 valence electrons. The Morgan fingerprint density at radius 1 is 0.913 bits per heavy atom. The van der Waals surface area contributed by atoms with Crippen LogP contribution in [0.2, 0.25) is 0 Å². The number of hydrogen-bond acceptors (Lipinski definition) is 3. The largest absolute Gasteiger partial charge is 0.378 e. The fourth-order valence-corrected chi connectivity index (χ4v) is 3.73. The minimum absolute atomic E-state index is 0.303. The molecule has 2 aromatic carbocycles. The molecule has 3 heteroatoms. The maximum Gasteiger partial charge on any atom is 0.250 e. The van der Waals surface area contributed by atoms with Gasteiger partial charge in [-0.05, 0) is 61.8 Å². The van der Waals surface area contributed by atoms with E-state index in [2.05, 4.69) is 25.2 Å². The van der Waals surface area contributed by atoms with Crippen LogP contribution in [0.15, 0.2) is 21.7 Å². The number of rotatable bonds is 3. The van der Waals surface area contributed by atoms with Gasteiger partial charge >= 0.3 is 0 Å². The zero-order valence-electron chi connectivity index (χ0n) is 14.5. The van der Waals surface area contributed by atoms with Crippen LogP contribution >= 0.6 is 0 Å². The molecule has 3 rings (SSSR count). The highest BCUT2D eigenvalue weighted by atomic mass is 16.2. The summed E-state index contributed by atoms with van der Waals surface area (Å²) in [4.78, 5) is 24.3. The van der Waals surface area contributed by atoms with Gasteiger partial charge in [-0.2, -0.15) is 0 Å². The summed E-state index contributed by atoms with van der Waals surface area (Å²) >= 11 is 0. The molecule has 1 fully saturated rings. The van der Waals surface area contributed by atoms with E-state index >= 15 is 0 Å². The number of hydrogen-bond donors (Lipinski definition) is 1. The van der Waals surface area contributed by atoms with Gasteiger partial charge < -0.3 is 5.32 Å². The molecule has 2 aromatic rings. The topological polar surface area (TPSA) is 46.2 Å². The molecule has 0 saturated heterocycles. The number of nitrogens with one attached hydrogen (secondary N) is 1. The lowest BCUT2D eigenvalue weighted by Gasteiger charge is -2.31. The third kappa shape index (κ3) is 2.73. The molecule has 0 aliphatic heterocycles. The zero-order chi connectivity index (χ0) is 16.7. The zero-order valence-corrected chi connectivity index (χ0v) is 14.5. The van der Waals surface area contributed by atoms with Crippen LogP contribution in [0.1, 0.15) is 49.3 Å². The van der Waals surface area contributed by atoms with Crippen molar-refractivity contribution in [2.24, 2.45) is 5.92 Å². The summed E-state index contributed by atoms with van der Waals surface area (Å²) in [5.74, 6) is 0.543. The molecule has 0 amide bonds. The van der Waals surface area contributed by atoms with Crippen LogP contribution in [0.25, 0.3) is 11.1 Å². The molecule has 1 N–H and O–H groups in total. The van der Waals surface area contributed by atoms with Crippen molar-refractivity contribution in [2.45, 2.75) is 59.4 Å². The maximum absolute atomic E-state index is 12.2. The molecule has 0 aromatic heterocycles.